The van der Waals surface area contributed by atoms with Crippen LogP contribution >= 0.6 is 11.3 Å². The number of thiophene rings is 1. The second-order valence-electron chi connectivity index (χ2n) is 4.19. The van der Waals surface area contributed by atoms with Gasteiger partial charge in [0.05, 0.1) is 12.1 Å². The van der Waals surface area contributed by atoms with Gasteiger partial charge in [0.15, 0.2) is 0 Å². The van der Waals surface area contributed by atoms with Gasteiger partial charge >= 0.3 is 0 Å². The Balaban J connectivity index is 1.85. The Morgan fingerprint density at radius 1 is 1.28 bits per heavy atom. The first-order chi connectivity index (χ1) is 8.84. The van der Waals surface area contributed by atoms with Crippen LogP contribution in [0.3, 0.4) is 0 Å². The molecule has 0 spiro atoms. The fraction of sp³-hybridized carbons (Fsp3) is 0.214. The molecule has 2 aromatic rings. The molecule has 2 heterocycles. The van der Waals surface area contributed by atoms with E-state index in [9.17, 15) is 4.79 Å². The number of fused-ring (bicyclic) bond motifs is 1. The zero-order valence-corrected chi connectivity index (χ0v) is 10.7. The first-order valence-corrected chi connectivity index (χ1v) is 6.81. The maximum Gasteiger partial charge on any atom is 0.255 e. The Morgan fingerprint density at radius 2 is 2.17 bits per heavy atom. The molecule has 3 nitrogen and oxygen atoms in total. The highest BCUT2D eigenvalue weighted by atomic mass is 32.1. The van der Waals surface area contributed by atoms with Crippen molar-refractivity contribution in [1.29, 1.82) is 0 Å². The van der Waals surface area contributed by atoms with Crippen molar-refractivity contribution in [2.24, 2.45) is 0 Å². The van der Waals surface area contributed by atoms with Gasteiger partial charge in [-0.15, -0.1) is 0 Å². The summed E-state index contributed by atoms with van der Waals surface area (Å²) in [4.78, 5) is 14.1. The minimum Gasteiger partial charge on any atom is -0.491 e. The lowest BCUT2D eigenvalue weighted by Crippen LogP contribution is -2.32. The fourth-order valence-electron chi connectivity index (χ4n) is 2.07. The van der Waals surface area contributed by atoms with Crippen molar-refractivity contribution >= 4 is 17.2 Å². The van der Waals surface area contributed by atoms with Crippen molar-refractivity contribution in [3.63, 3.8) is 0 Å². The Labute approximate surface area is 110 Å². The molecule has 1 aromatic carbocycles. The molecule has 0 fully saturated rings. The second-order valence-corrected chi connectivity index (χ2v) is 4.97. The van der Waals surface area contributed by atoms with E-state index >= 15 is 0 Å². The van der Waals surface area contributed by atoms with Crippen molar-refractivity contribution in [2.75, 3.05) is 13.2 Å². The van der Waals surface area contributed by atoms with Gasteiger partial charge in [-0.1, -0.05) is 18.2 Å². The second kappa shape index (κ2) is 4.82. The summed E-state index contributed by atoms with van der Waals surface area (Å²) in [6.07, 6.45) is 0. The first-order valence-electron chi connectivity index (χ1n) is 5.87. The number of carbonyl (C=O) groups excluding carboxylic acids is 1. The third-order valence-corrected chi connectivity index (χ3v) is 3.69. The van der Waals surface area contributed by atoms with Crippen LogP contribution in [0.2, 0.25) is 0 Å². The van der Waals surface area contributed by atoms with E-state index < -0.39 is 0 Å². The third kappa shape index (κ3) is 2.11. The van der Waals surface area contributed by atoms with E-state index in [0.717, 1.165) is 16.9 Å². The van der Waals surface area contributed by atoms with Gasteiger partial charge < -0.3 is 9.64 Å². The van der Waals surface area contributed by atoms with Crippen LogP contribution in [0.4, 0.5) is 0 Å². The molecule has 4 heteroatoms. The summed E-state index contributed by atoms with van der Waals surface area (Å²) < 4.78 is 5.65. The standard InChI is InChI=1S/C14H13NO2S/c16-14(12-5-8-18-10-12)15-6-7-17-13-4-2-1-3-11(13)9-15/h1-5,8,10H,6-7,9H2. The maximum atomic E-state index is 12.3. The summed E-state index contributed by atoms with van der Waals surface area (Å²) in [5.41, 5.74) is 1.83. The van der Waals surface area contributed by atoms with Crippen LogP contribution < -0.4 is 4.74 Å². The zero-order valence-electron chi connectivity index (χ0n) is 9.83. The number of hydrogen-bond donors (Lipinski definition) is 0. The van der Waals surface area contributed by atoms with Crippen LogP contribution in [-0.2, 0) is 6.54 Å². The summed E-state index contributed by atoms with van der Waals surface area (Å²) >= 11 is 1.54. The highest BCUT2D eigenvalue weighted by molar-refractivity contribution is 7.08. The minimum absolute atomic E-state index is 0.0801. The molecule has 1 amide bonds. The molecule has 0 radical (unpaired) electrons. The van der Waals surface area contributed by atoms with Gasteiger partial charge in [-0.3, -0.25) is 4.79 Å². The SMILES string of the molecule is O=C(c1ccsc1)N1CCOc2ccccc2C1. The molecule has 0 N–H and O–H groups in total. The van der Waals surface area contributed by atoms with E-state index in [0.29, 0.717) is 19.7 Å². The van der Waals surface area contributed by atoms with Crippen LogP contribution in [0.5, 0.6) is 5.75 Å². The van der Waals surface area contributed by atoms with Crippen molar-refractivity contribution in [1.82, 2.24) is 4.90 Å². The topological polar surface area (TPSA) is 29.5 Å². The minimum atomic E-state index is 0.0801. The number of rotatable bonds is 1. The van der Waals surface area contributed by atoms with Crippen LogP contribution in [0, 0.1) is 0 Å². The van der Waals surface area contributed by atoms with Crippen LogP contribution in [0.1, 0.15) is 15.9 Å². The smallest absolute Gasteiger partial charge is 0.255 e. The Morgan fingerprint density at radius 3 is 3.00 bits per heavy atom. The largest absolute Gasteiger partial charge is 0.491 e. The molecule has 0 aliphatic carbocycles. The summed E-state index contributed by atoms with van der Waals surface area (Å²) in [5, 5.41) is 3.81. The molecule has 0 atom stereocenters. The van der Waals surface area contributed by atoms with Gasteiger partial charge in [0.1, 0.15) is 12.4 Å². The average Bonchev–Trinajstić information content (AvgIpc) is 2.84. The molecule has 0 saturated heterocycles. The lowest BCUT2D eigenvalue weighted by atomic mass is 10.2. The Kier molecular flexibility index (Phi) is 3.02. The first kappa shape index (κ1) is 11.3. The highest BCUT2D eigenvalue weighted by Crippen LogP contribution is 2.23. The van der Waals surface area contributed by atoms with Crippen molar-refractivity contribution in [2.45, 2.75) is 6.54 Å². The lowest BCUT2D eigenvalue weighted by Gasteiger charge is -2.19. The van der Waals surface area contributed by atoms with Gasteiger partial charge in [0.25, 0.3) is 5.91 Å². The molecule has 92 valence electrons. The number of hydrogen-bond acceptors (Lipinski definition) is 3. The Bertz CT molecular complexity index is 551. The predicted molar refractivity (Wildman–Crippen MR) is 71.0 cm³/mol. The molecule has 1 aliphatic rings. The van der Waals surface area contributed by atoms with E-state index in [4.69, 9.17) is 4.74 Å². The van der Waals surface area contributed by atoms with E-state index in [-0.39, 0.29) is 5.91 Å². The van der Waals surface area contributed by atoms with Gasteiger partial charge in [-0.2, -0.15) is 11.3 Å². The summed E-state index contributed by atoms with van der Waals surface area (Å²) in [5.74, 6) is 0.967. The van der Waals surface area contributed by atoms with Crippen molar-refractivity contribution in [3.05, 3.63) is 52.2 Å². The number of nitrogens with zero attached hydrogens (tertiary/aromatic N) is 1. The summed E-state index contributed by atoms with van der Waals surface area (Å²) in [6.45, 7) is 1.79. The third-order valence-electron chi connectivity index (χ3n) is 3.01. The van der Waals surface area contributed by atoms with Crippen molar-refractivity contribution in [3.8, 4) is 5.75 Å². The zero-order chi connectivity index (χ0) is 12.4. The number of para-hydroxylation sites is 1. The lowest BCUT2D eigenvalue weighted by molar-refractivity contribution is 0.0734. The highest BCUT2D eigenvalue weighted by Gasteiger charge is 2.20. The van der Waals surface area contributed by atoms with Gasteiger partial charge in [0.2, 0.25) is 0 Å². The molecular weight excluding hydrogens is 246 g/mol. The van der Waals surface area contributed by atoms with E-state index in [2.05, 4.69) is 0 Å². The number of carbonyl (C=O) groups is 1. The quantitative estimate of drug-likeness (QED) is 0.788. The normalized spacial score (nSPS) is 14.6. The molecule has 1 aromatic heterocycles. The van der Waals surface area contributed by atoms with Crippen LogP contribution in [-0.4, -0.2) is 24.0 Å². The Hall–Kier alpha value is -1.81. The number of amides is 1. The van der Waals surface area contributed by atoms with E-state index in [1.165, 1.54) is 0 Å². The van der Waals surface area contributed by atoms with Gasteiger partial charge in [-0.25, -0.2) is 0 Å². The maximum absolute atomic E-state index is 12.3. The molecule has 0 saturated carbocycles. The summed E-state index contributed by atoms with van der Waals surface area (Å²) in [7, 11) is 0. The number of ether oxygens (including phenoxy) is 1. The van der Waals surface area contributed by atoms with Gasteiger partial charge in [-0.05, 0) is 17.5 Å². The number of benzene rings is 1. The molecule has 18 heavy (non-hydrogen) atoms. The average molecular weight is 259 g/mol. The molecule has 0 unspecified atom stereocenters. The van der Waals surface area contributed by atoms with Crippen molar-refractivity contribution < 1.29 is 9.53 Å². The van der Waals surface area contributed by atoms with Crippen LogP contribution in [0.15, 0.2) is 41.1 Å². The molecular formula is C14H13NO2S. The van der Waals surface area contributed by atoms with E-state index in [1.807, 2.05) is 46.0 Å². The molecule has 0 bridgehead atoms. The monoisotopic (exact) mass is 259 g/mol. The predicted octanol–water partition coefficient (Wildman–Crippen LogP) is 2.78. The van der Waals surface area contributed by atoms with Gasteiger partial charge in [0, 0.05) is 17.5 Å². The summed E-state index contributed by atoms with van der Waals surface area (Å²) in [6, 6.07) is 9.75. The fourth-order valence-corrected chi connectivity index (χ4v) is 2.70. The van der Waals surface area contributed by atoms with Crippen LogP contribution in [0.25, 0.3) is 0 Å². The molecule has 3 rings (SSSR count). The molecule has 1 aliphatic heterocycles. The van der Waals surface area contributed by atoms with E-state index in [1.54, 1.807) is 11.3 Å².